The Morgan fingerprint density at radius 2 is 1.85 bits per heavy atom. The molecule has 2 saturated carbocycles. The van der Waals surface area contributed by atoms with Crippen molar-refractivity contribution < 1.29 is 8.42 Å². The van der Waals surface area contributed by atoms with Gasteiger partial charge in [-0.3, -0.25) is 0 Å². The fraction of sp³-hybridized carbons (Fsp3) is 0.500. The lowest BCUT2D eigenvalue weighted by Gasteiger charge is -2.18. The van der Waals surface area contributed by atoms with Crippen LogP contribution in [-0.2, 0) is 10.0 Å². The van der Waals surface area contributed by atoms with Gasteiger partial charge in [-0.1, -0.05) is 24.4 Å². The molecule has 6 heteroatoms. The zero-order chi connectivity index (χ0) is 14.3. The summed E-state index contributed by atoms with van der Waals surface area (Å²) in [7, 11) is -3.49. The second-order valence-electron chi connectivity index (χ2n) is 5.71. The van der Waals surface area contributed by atoms with Crippen LogP contribution in [0.2, 0.25) is 0 Å². The van der Waals surface area contributed by atoms with E-state index < -0.39 is 10.0 Å². The number of rotatable bonds is 6. The first kappa shape index (κ1) is 14.0. The second kappa shape index (κ2) is 5.09. The van der Waals surface area contributed by atoms with E-state index in [0.717, 1.165) is 25.7 Å². The Bertz CT molecular complexity index is 622. The van der Waals surface area contributed by atoms with Crippen LogP contribution in [0.5, 0.6) is 0 Å². The molecule has 2 fully saturated rings. The minimum absolute atomic E-state index is 0.105. The molecule has 0 radical (unpaired) electrons. The van der Waals surface area contributed by atoms with E-state index >= 15 is 0 Å². The van der Waals surface area contributed by atoms with E-state index in [-0.39, 0.29) is 15.9 Å². The highest BCUT2D eigenvalue weighted by molar-refractivity contribution is 7.89. The third-order valence-corrected chi connectivity index (χ3v) is 5.67. The number of benzene rings is 1. The first-order chi connectivity index (χ1) is 9.47. The van der Waals surface area contributed by atoms with Crippen LogP contribution in [0.25, 0.3) is 0 Å². The standard InChI is InChI=1S/C14H18N2O2S2/c15-14(19)11-2-1-3-12(8-11)20(17,18)16-13(9-4-5-9)10-6-7-10/h1-3,8-10,13,16H,4-7H2,(H2,15,19). The first-order valence-electron chi connectivity index (χ1n) is 6.89. The fourth-order valence-electron chi connectivity index (χ4n) is 2.55. The second-order valence-corrected chi connectivity index (χ2v) is 7.87. The Hall–Kier alpha value is -0.980. The molecule has 0 saturated heterocycles. The monoisotopic (exact) mass is 310 g/mol. The Kier molecular flexibility index (Phi) is 3.56. The quantitative estimate of drug-likeness (QED) is 0.786. The van der Waals surface area contributed by atoms with E-state index in [1.54, 1.807) is 24.3 Å². The van der Waals surface area contributed by atoms with Gasteiger partial charge in [0.1, 0.15) is 4.99 Å². The Balaban J connectivity index is 1.83. The lowest BCUT2D eigenvalue weighted by molar-refractivity contribution is 0.471. The van der Waals surface area contributed by atoms with Gasteiger partial charge < -0.3 is 5.73 Å². The summed E-state index contributed by atoms with van der Waals surface area (Å²) in [5.41, 5.74) is 6.14. The predicted molar refractivity (Wildman–Crippen MR) is 81.9 cm³/mol. The third-order valence-electron chi connectivity index (χ3n) is 3.98. The van der Waals surface area contributed by atoms with E-state index in [4.69, 9.17) is 18.0 Å². The first-order valence-corrected chi connectivity index (χ1v) is 8.79. The van der Waals surface area contributed by atoms with Gasteiger partial charge in [0.2, 0.25) is 10.0 Å². The van der Waals surface area contributed by atoms with E-state index in [2.05, 4.69) is 4.72 Å². The van der Waals surface area contributed by atoms with Crippen molar-refractivity contribution in [3.8, 4) is 0 Å². The lowest BCUT2D eigenvalue weighted by atomic mass is 10.1. The summed E-state index contributed by atoms with van der Waals surface area (Å²) < 4.78 is 27.9. The molecule has 0 amide bonds. The predicted octanol–water partition coefficient (Wildman–Crippen LogP) is 1.79. The van der Waals surface area contributed by atoms with E-state index in [1.165, 1.54) is 0 Å². The number of thiocarbonyl (C=S) groups is 1. The van der Waals surface area contributed by atoms with Crippen LogP contribution in [0.1, 0.15) is 31.2 Å². The van der Waals surface area contributed by atoms with Gasteiger partial charge in [0.05, 0.1) is 4.90 Å². The van der Waals surface area contributed by atoms with Crippen molar-refractivity contribution in [2.45, 2.75) is 36.6 Å². The van der Waals surface area contributed by atoms with Crippen molar-refractivity contribution in [2.75, 3.05) is 0 Å². The molecular formula is C14H18N2O2S2. The highest BCUT2D eigenvalue weighted by atomic mass is 32.2. The molecule has 0 aromatic heterocycles. The molecule has 2 aliphatic carbocycles. The fourth-order valence-corrected chi connectivity index (χ4v) is 4.10. The van der Waals surface area contributed by atoms with Crippen LogP contribution in [0, 0.1) is 11.8 Å². The van der Waals surface area contributed by atoms with Crippen LogP contribution in [-0.4, -0.2) is 19.4 Å². The molecule has 108 valence electrons. The molecule has 0 bridgehead atoms. The molecule has 1 aromatic carbocycles. The van der Waals surface area contributed by atoms with E-state index in [1.807, 2.05) is 0 Å². The maximum absolute atomic E-state index is 12.5. The zero-order valence-electron chi connectivity index (χ0n) is 11.1. The molecule has 0 atom stereocenters. The van der Waals surface area contributed by atoms with Crippen LogP contribution in [0.3, 0.4) is 0 Å². The number of hydrogen-bond donors (Lipinski definition) is 2. The molecule has 0 spiro atoms. The van der Waals surface area contributed by atoms with Gasteiger partial charge in [0.15, 0.2) is 0 Å². The molecule has 20 heavy (non-hydrogen) atoms. The summed E-state index contributed by atoms with van der Waals surface area (Å²) in [5.74, 6) is 1.05. The SMILES string of the molecule is NC(=S)c1cccc(S(=O)(=O)NC(C2CC2)C2CC2)c1. The minimum Gasteiger partial charge on any atom is -0.389 e. The number of nitrogens with one attached hydrogen (secondary N) is 1. The van der Waals surface area contributed by atoms with Crippen molar-refractivity contribution in [3.05, 3.63) is 29.8 Å². The van der Waals surface area contributed by atoms with Crippen molar-refractivity contribution in [3.63, 3.8) is 0 Å². The van der Waals surface area contributed by atoms with Gasteiger partial charge in [0, 0.05) is 11.6 Å². The van der Waals surface area contributed by atoms with Gasteiger partial charge in [-0.05, 0) is 49.7 Å². The molecule has 0 aliphatic heterocycles. The van der Waals surface area contributed by atoms with Crippen molar-refractivity contribution in [1.82, 2.24) is 4.72 Å². The minimum atomic E-state index is -3.49. The largest absolute Gasteiger partial charge is 0.389 e. The van der Waals surface area contributed by atoms with Crippen LogP contribution < -0.4 is 10.5 Å². The molecule has 4 nitrogen and oxygen atoms in total. The highest BCUT2D eigenvalue weighted by Crippen LogP contribution is 2.45. The van der Waals surface area contributed by atoms with Crippen LogP contribution >= 0.6 is 12.2 Å². The van der Waals surface area contributed by atoms with Gasteiger partial charge in [-0.15, -0.1) is 0 Å². The van der Waals surface area contributed by atoms with Gasteiger partial charge in [-0.25, -0.2) is 13.1 Å². The van der Waals surface area contributed by atoms with E-state index in [9.17, 15) is 8.42 Å². The number of sulfonamides is 1. The smallest absolute Gasteiger partial charge is 0.240 e. The molecule has 0 unspecified atom stereocenters. The normalized spacial score (nSPS) is 19.2. The number of nitrogens with two attached hydrogens (primary N) is 1. The van der Waals surface area contributed by atoms with E-state index in [0.29, 0.717) is 17.4 Å². The summed E-state index contributed by atoms with van der Waals surface area (Å²) in [6.07, 6.45) is 4.54. The molecule has 2 aliphatic rings. The average Bonchev–Trinajstić information content (AvgIpc) is 3.29. The number of hydrogen-bond acceptors (Lipinski definition) is 3. The molecular weight excluding hydrogens is 292 g/mol. The topological polar surface area (TPSA) is 72.2 Å². The highest BCUT2D eigenvalue weighted by Gasteiger charge is 2.43. The molecule has 1 aromatic rings. The Morgan fingerprint density at radius 3 is 2.35 bits per heavy atom. The zero-order valence-corrected chi connectivity index (χ0v) is 12.7. The van der Waals surface area contributed by atoms with Crippen LogP contribution in [0.4, 0.5) is 0 Å². The van der Waals surface area contributed by atoms with Crippen molar-refractivity contribution >= 4 is 27.2 Å². The molecule has 3 N–H and O–H groups in total. The summed E-state index contributed by atoms with van der Waals surface area (Å²) >= 11 is 4.90. The van der Waals surface area contributed by atoms with Crippen molar-refractivity contribution in [2.24, 2.45) is 17.6 Å². The summed E-state index contributed by atoms with van der Waals surface area (Å²) in [6, 6.07) is 6.63. The maximum Gasteiger partial charge on any atom is 0.240 e. The molecule has 0 heterocycles. The summed E-state index contributed by atoms with van der Waals surface area (Å²) in [5, 5.41) is 0. The Morgan fingerprint density at radius 1 is 1.25 bits per heavy atom. The van der Waals surface area contributed by atoms with Gasteiger partial charge in [0.25, 0.3) is 0 Å². The third kappa shape index (κ3) is 3.02. The van der Waals surface area contributed by atoms with Gasteiger partial charge >= 0.3 is 0 Å². The van der Waals surface area contributed by atoms with Gasteiger partial charge in [-0.2, -0.15) is 0 Å². The maximum atomic E-state index is 12.5. The lowest BCUT2D eigenvalue weighted by Crippen LogP contribution is -2.38. The van der Waals surface area contributed by atoms with Crippen LogP contribution in [0.15, 0.2) is 29.2 Å². The average molecular weight is 310 g/mol. The summed E-state index contributed by atoms with van der Waals surface area (Å²) in [4.78, 5) is 0.456. The summed E-state index contributed by atoms with van der Waals surface area (Å²) in [6.45, 7) is 0. The Labute approximate surface area is 124 Å². The van der Waals surface area contributed by atoms with Crippen molar-refractivity contribution in [1.29, 1.82) is 0 Å². The molecule has 3 rings (SSSR count).